The lowest BCUT2D eigenvalue weighted by molar-refractivity contribution is -0.119. The molecule has 0 bridgehead atoms. The summed E-state index contributed by atoms with van der Waals surface area (Å²) >= 11 is 1.35. The molecular weight excluding hydrogens is 248 g/mol. The summed E-state index contributed by atoms with van der Waals surface area (Å²) in [5.74, 6) is -0.0397. The molecule has 0 aromatic carbocycles. The number of anilines is 1. The Morgan fingerprint density at radius 1 is 1.50 bits per heavy atom. The number of carbonyl (C=O) groups excluding carboxylic acids is 1. The van der Waals surface area contributed by atoms with E-state index < -0.39 is 0 Å². The Kier molecular flexibility index (Phi) is 3.99. The minimum atomic E-state index is -0.0219. The van der Waals surface area contributed by atoms with Crippen LogP contribution in [0.15, 0.2) is 24.5 Å². The molecule has 94 valence electrons. The van der Waals surface area contributed by atoms with E-state index in [1.165, 1.54) is 11.3 Å². The van der Waals surface area contributed by atoms with E-state index in [-0.39, 0.29) is 11.8 Å². The van der Waals surface area contributed by atoms with Gasteiger partial charge >= 0.3 is 0 Å². The lowest BCUT2D eigenvalue weighted by Gasteiger charge is -2.06. The smallest absolute Gasteiger partial charge is 0.229 e. The fourth-order valence-corrected chi connectivity index (χ4v) is 2.03. The molecule has 0 saturated carbocycles. The normalized spacial score (nSPS) is 12.1. The first-order chi connectivity index (χ1) is 8.70. The molecule has 2 heterocycles. The van der Waals surface area contributed by atoms with E-state index in [4.69, 9.17) is 0 Å². The van der Waals surface area contributed by atoms with E-state index in [1.54, 1.807) is 12.4 Å². The molecule has 2 rings (SSSR count). The molecule has 0 unspecified atom stereocenters. The van der Waals surface area contributed by atoms with Crippen LogP contribution in [0.4, 0.5) is 5.13 Å². The largest absolute Gasteiger partial charge is 0.300 e. The first-order valence-electron chi connectivity index (χ1n) is 5.75. The number of nitrogens with zero attached hydrogens (tertiary/aromatic N) is 3. The number of hydrogen-bond acceptors (Lipinski definition) is 5. The number of nitrogens with one attached hydrogen (secondary N) is 1. The van der Waals surface area contributed by atoms with Gasteiger partial charge in [-0.15, -0.1) is 10.2 Å². The third-order valence-electron chi connectivity index (χ3n) is 2.62. The second-order valence-electron chi connectivity index (χ2n) is 3.95. The van der Waals surface area contributed by atoms with Gasteiger partial charge in [0, 0.05) is 23.9 Å². The van der Waals surface area contributed by atoms with Crippen molar-refractivity contribution in [1.29, 1.82) is 0 Å². The third kappa shape index (κ3) is 2.89. The van der Waals surface area contributed by atoms with Gasteiger partial charge in [0.1, 0.15) is 0 Å². The van der Waals surface area contributed by atoms with Crippen molar-refractivity contribution >= 4 is 22.4 Å². The monoisotopic (exact) mass is 262 g/mol. The molecule has 0 aliphatic carbocycles. The van der Waals surface area contributed by atoms with Gasteiger partial charge in [-0.2, -0.15) is 0 Å². The van der Waals surface area contributed by atoms with Crippen molar-refractivity contribution in [1.82, 2.24) is 15.2 Å². The molecule has 0 spiro atoms. The van der Waals surface area contributed by atoms with Gasteiger partial charge in [-0.3, -0.25) is 9.78 Å². The van der Waals surface area contributed by atoms with Gasteiger partial charge < -0.3 is 5.32 Å². The fourth-order valence-electron chi connectivity index (χ4n) is 1.29. The maximum Gasteiger partial charge on any atom is 0.229 e. The van der Waals surface area contributed by atoms with Gasteiger partial charge in [0.2, 0.25) is 11.0 Å². The second-order valence-corrected chi connectivity index (χ2v) is 4.93. The van der Waals surface area contributed by atoms with Crippen molar-refractivity contribution in [3.63, 3.8) is 0 Å². The van der Waals surface area contributed by atoms with E-state index in [2.05, 4.69) is 20.5 Å². The van der Waals surface area contributed by atoms with E-state index in [9.17, 15) is 4.79 Å². The molecule has 0 fully saturated rings. The van der Waals surface area contributed by atoms with Crippen molar-refractivity contribution in [3.05, 3.63) is 24.5 Å². The minimum Gasteiger partial charge on any atom is -0.300 e. The number of hydrogen-bond donors (Lipinski definition) is 1. The zero-order chi connectivity index (χ0) is 13.0. The number of carbonyl (C=O) groups is 1. The molecular formula is C12H14N4OS. The van der Waals surface area contributed by atoms with Gasteiger partial charge in [-0.25, -0.2) is 0 Å². The van der Waals surface area contributed by atoms with E-state index in [1.807, 2.05) is 26.0 Å². The SMILES string of the molecule is CC[C@H](C)C(=O)Nc1nnc(-c2cccnc2)s1. The Hall–Kier alpha value is -1.82. The molecule has 0 saturated heterocycles. The Morgan fingerprint density at radius 2 is 2.33 bits per heavy atom. The lowest BCUT2D eigenvalue weighted by Crippen LogP contribution is -2.19. The molecule has 6 heteroatoms. The van der Waals surface area contributed by atoms with Crippen LogP contribution < -0.4 is 5.32 Å². The quantitative estimate of drug-likeness (QED) is 0.919. The van der Waals surface area contributed by atoms with Crippen molar-refractivity contribution in [2.45, 2.75) is 20.3 Å². The van der Waals surface area contributed by atoms with E-state index >= 15 is 0 Å². The van der Waals surface area contributed by atoms with Crippen LogP contribution in [0.1, 0.15) is 20.3 Å². The van der Waals surface area contributed by atoms with Crippen LogP contribution in [0, 0.1) is 5.92 Å². The maximum atomic E-state index is 11.7. The molecule has 2 aromatic heterocycles. The summed E-state index contributed by atoms with van der Waals surface area (Å²) in [6.07, 6.45) is 4.23. The Morgan fingerprint density at radius 3 is 3.00 bits per heavy atom. The number of aromatic nitrogens is 3. The summed E-state index contributed by atoms with van der Waals surface area (Å²) in [6.45, 7) is 3.86. The van der Waals surface area contributed by atoms with Crippen LogP contribution in [0.3, 0.4) is 0 Å². The Balaban J connectivity index is 2.10. The van der Waals surface area contributed by atoms with Crippen molar-refractivity contribution in [3.8, 4) is 10.6 Å². The van der Waals surface area contributed by atoms with Crippen molar-refractivity contribution in [2.75, 3.05) is 5.32 Å². The summed E-state index contributed by atoms with van der Waals surface area (Å²) in [5, 5.41) is 12.0. The van der Waals surface area contributed by atoms with Crippen molar-refractivity contribution in [2.24, 2.45) is 5.92 Å². The van der Waals surface area contributed by atoms with Crippen LogP contribution in [-0.4, -0.2) is 21.1 Å². The predicted molar refractivity (Wildman–Crippen MR) is 71.2 cm³/mol. The first-order valence-corrected chi connectivity index (χ1v) is 6.57. The highest BCUT2D eigenvalue weighted by molar-refractivity contribution is 7.18. The fraction of sp³-hybridized carbons (Fsp3) is 0.333. The highest BCUT2D eigenvalue weighted by Crippen LogP contribution is 2.25. The molecule has 0 aliphatic heterocycles. The standard InChI is InChI=1S/C12H14N4OS/c1-3-8(2)10(17)14-12-16-15-11(18-12)9-5-4-6-13-7-9/h4-8H,3H2,1-2H3,(H,14,16,17)/t8-/m0/s1. The molecule has 1 atom stereocenters. The molecule has 2 aromatic rings. The average molecular weight is 262 g/mol. The molecule has 1 amide bonds. The maximum absolute atomic E-state index is 11.7. The van der Waals surface area contributed by atoms with Crippen LogP contribution in [0.2, 0.25) is 0 Å². The molecule has 18 heavy (non-hydrogen) atoms. The summed E-state index contributed by atoms with van der Waals surface area (Å²) < 4.78 is 0. The van der Waals surface area contributed by atoms with Gasteiger partial charge in [0.25, 0.3) is 0 Å². The highest BCUT2D eigenvalue weighted by atomic mass is 32.1. The topological polar surface area (TPSA) is 67.8 Å². The summed E-state index contributed by atoms with van der Waals surface area (Å²) in [6, 6.07) is 3.75. The average Bonchev–Trinajstić information content (AvgIpc) is 2.87. The van der Waals surface area contributed by atoms with Gasteiger partial charge in [0.15, 0.2) is 5.01 Å². The highest BCUT2D eigenvalue weighted by Gasteiger charge is 2.13. The molecule has 5 nitrogen and oxygen atoms in total. The minimum absolute atomic E-state index is 0.0178. The third-order valence-corrected chi connectivity index (χ3v) is 3.51. The van der Waals surface area contributed by atoms with Crippen LogP contribution in [-0.2, 0) is 4.79 Å². The Labute approximate surface area is 109 Å². The Bertz CT molecular complexity index is 526. The van der Waals surface area contributed by atoms with Crippen LogP contribution in [0.5, 0.6) is 0 Å². The molecule has 0 radical (unpaired) electrons. The molecule has 1 N–H and O–H groups in total. The first kappa shape index (κ1) is 12.6. The zero-order valence-corrected chi connectivity index (χ0v) is 11.1. The van der Waals surface area contributed by atoms with Crippen LogP contribution >= 0.6 is 11.3 Å². The lowest BCUT2D eigenvalue weighted by atomic mass is 10.1. The summed E-state index contributed by atoms with van der Waals surface area (Å²) in [5.41, 5.74) is 0.902. The van der Waals surface area contributed by atoms with E-state index in [0.29, 0.717) is 5.13 Å². The zero-order valence-electron chi connectivity index (χ0n) is 10.3. The van der Waals surface area contributed by atoms with Gasteiger partial charge in [-0.05, 0) is 18.6 Å². The van der Waals surface area contributed by atoms with E-state index in [0.717, 1.165) is 17.0 Å². The number of amides is 1. The molecule has 0 aliphatic rings. The summed E-state index contributed by atoms with van der Waals surface area (Å²) in [4.78, 5) is 15.7. The van der Waals surface area contributed by atoms with Crippen molar-refractivity contribution < 1.29 is 4.79 Å². The summed E-state index contributed by atoms with van der Waals surface area (Å²) in [7, 11) is 0. The number of pyridine rings is 1. The van der Waals surface area contributed by atoms with Gasteiger partial charge in [0.05, 0.1) is 0 Å². The second kappa shape index (κ2) is 5.68. The van der Waals surface area contributed by atoms with Crippen LogP contribution in [0.25, 0.3) is 10.6 Å². The number of rotatable bonds is 4. The predicted octanol–water partition coefficient (Wildman–Crippen LogP) is 2.58. The van der Waals surface area contributed by atoms with Gasteiger partial charge in [-0.1, -0.05) is 25.2 Å².